The van der Waals surface area contributed by atoms with Crippen LogP contribution in [0.3, 0.4) is 0 Å². The van der Waals surface area contributed by atoms with Gasteiger partial charge in [0.1, 0.15) is 17.3 Å². The minimum Gasteiger partial charge on any atom is -0.457 e. The summed E-state index contributed by atoms with van der Waals surface area (Å²) in [6, 6.07) is 26.7. The van der Waals surface area contributed by atoms with E-state index in [-0.39, 0.29) is 11.9 Å². The molecule has 3 aromatic carbocycles. The van der Waals surface area contributed by atoms with Crippen LogP contribution in [0.25, 0.3) is 16.9 Å². The van der Waals surface area contributed by atoms with E-state index >= 15 is 0 Å². The van der Waals surface area contributed by atoms with Gasteiger partial charge in [-0.2, -0.15) is 9.61 Å². The summed E-state index contributed by atoms with van der Waals surface area (Å²) < 4.78 is 8.62. The number of fused-ring (bicyclic) bond motifs is 1. The van der Waals surface area contributed by atoms with Crippen molar-refractivity contribution in [3.63, 3.8) is 0 Å². The first-order valence-electron chi connectivity index (χ1n) is 12.7. The number of carbonyl (C=O) groups excluding carboxylic acids is 1. The van der Waals surface area contributed by atoms with E-state index in [1.165, 1.54) is 0 Å². The minimum atomic E-state index is -0.0247. The average Bonchev–Trinajstić information content (AvgIpc) is 3.35. The molecule has 0 unspecified atom stereocenters. The Morgan fingerprint density at radius 3 is 2.49 bits per heavy atom. The second kappa shape index (κ2) is 11.1. The van der Waals surface area contributed by atoms with Gasteiger partial charge in [-0.25, -0.2) is 4.98 Å². The third kappa shape index (κ3) is 5.35. The fourth-order valence-corrected chi connectivity index (χ4v) is 5.38. The molecule has 1 fully saturated rings. The number of benzene rings is 3. The van der Waals surface area contributed by atoms with Crippen molar-refractivity contribution in [2.24, 2.45) is 0 Å². The highest BCUT2D eigenvalue weighted by molar-refractivity contribution is 9.10. The zero-order valence-electron chi connectivity index (χ0n) is 20.9. The van der Waals surface area contributed by atoms with Gasteiger partial charge in [-0.1, -0.05) is 60.1 Å². The molecule has 6 rings (SSSR count). The van der Waals surface area contributed by atoms with E-state index < -0.39 is 0 Å². The number of piperidine rings is 1. The SMILES string of the molecule is O=C(c1ccccc1Oc1ccccc1)N1CCC(Nc2cc(-c3ccccc3Cl)nc3c(Br)cnn23)CC1. The van der Waals surface area contributed by atoms with Crippen molar-refractivity contribution in [1.29, 1.82) is 0 Å². The fourth-order valence-electron chi connectivity index (χ4n) is 4.80. The highest BCUT2D eigenvalue weighted by atomic mass is 79.9. The Morgan fingerprint density at radius 2 is 1.69 bits per heavy atom. The Hall–Kier alpha value is -3.88. The Balaban J connectivity index is 1.18. The van der Waals surface area contributed by atoms with E-state index in [0.717, 1.165) is 34.4 Å². The number of ether oxygens (including phenoxy) is 1. The number of rotatable bonds is 6. The normalized spacial score (nSPS) is 13.9. The predicted molar refractivity (Wildman–Crippen MR) is 157 cm³/mol. The summed E-state index contributed by atoms with van der Waals surface area (Å²) in [4.78, 5) is 20.2. The van der Waals surface area contributed by atoms with Gasteiger partial charge in [-0.05, 0) is 59.1 Å². The Morgan fingerprint density at radius 1 is 0.974 bits per heavy atom. The number of nitrogens with one attached hydrogen (secondary N) is 1. The molecular weight excluding hydrogens is 578 g/mol. The Labute approximate surface area is 239 Å². The number of halogens is 2. The standard InChI is InChI=1S/C30H25BrClN5O2/c31-24-19-33-37-28(18-26(35-29(24)37)22-10-4-6-12-25(22)32)34-20-14-16-36(17-15-20)30(38)23-11-5-7-13-27(23)39-21-8-2-1-3-9-21/h1-13,18-20,34H,14-17H2. The number of likely N-dealkylation sites (tertiary alicyclic amines) is 1. The molecule has 1 saturated heterocycles. The molecule has 0 aliphatic carbocycles. The van der Waals surface area contributed by atoms with E-state index in [9.17, 15) is 4.79 Å². The summed E-state index contributed by atoms with van der Waals surface area (Å²) >= 11 is 10.0. The van der Waals surface area contributed by atoms with Gasteiger partial charge in [0.2, 0.25) is 0 Å². The molecule has 0 atom stereocenters. The van der Waals surface area contributed by atoms with Crippen LogP contribution in [0, 0.1) is 0 Å². The van der Waals surface area contributed by atoms with Gasteiger partial charge in [0.25, 0.3) is 5.91 Å². The maximum atomic E-state index is 13.5. The molecule has 7 nitrogen and oxygen atoms in total. The van der Waals surface area contributed by atoms with Crippen LogP contribution in [-0.4, -0.2) is 44.5 Å². The molecule has 0 bridgehead atoms. The van der Waals surface area contributed by atoms with Gasteiger partial charge in [0, 0.05) is 35.8 Å². The highest BCUT2D eigenvalue weighted by Crippen LogP contribution is 2.32. The first-order valence-corrected chi connectivity index (χ1v) is 13.9. The lowest BCUT2D eigenvalue weighted by molar-refractivity contribution is 0.0716. The van der Waals surface area contributed by atoms with Gasteiger partial charge in [-0.3, -0.25) is 4.79 Å². The number of anilines is 1. The van der Waals surface area contributed by atoms with Crippen LogP contribution in [-0.2, 0) is 0 Å². The van der Waals surface area contributed by atoms with E-state index in [1.807, 2.05) is 89.8 Å². The number of hydrogen-bond acceptors (Lipinski definition) is 5. The second-order valence-corrected chi connectivity index (χ2v) is 10.6. The first-order chi connectivity index (χ1) is 19.1. The molecule has 0 radical (unpaired) electrons. The van der Waals surface area contributed by atoms with Crippen molar-refractivity contribution < 1.29 is 9.53 Å². The average molecular weight is 603 g/mol. The molecule has 9 heteroatoms. The van der Waals surface area contributed by atoms with Crippen LogP contribution < -0.4 is 10.1 Å². The van der Waals surface area contributed by atoms with Gasteiger partial charge >= 0.3 is 0 Å². The van der Waals surface area contributed by atoms with Crippen molar-refractivity contribution in [2.45, 2.75) is 18.9 Å². The van der Waals surface area contributed by atoms with Crippen LogP contribution in [0.5, 0.6) is 11.5 Å². The van der Waals surface area contributed by atoms with E-state index in [4.69, 9.17) is 21.3 Å². The molecular formula is C30H25BrClN5O2. The molecule has 5 aromatic rings. The third-order valence-corrected chi connectivity index (χ3v) is 7.69. The molecule has 196 valence electrons. The van der Waals surface area contributed by atoms with Crippen molar-refractivity contribution in [1.82, 2.24) is 19.5 Å². The van der Waals surface area contributed by atoms with E-state index in [0.29, 0.717) is 40.8 Å². The van der Waals surface area contributed by atoms with Crippen molar-refractivity contribution in [2.75, 3.05) is 18.4 Å². The monoisotopic (exact) mass is 601 g/mol. The summed E-state index contributed by atoms with van der Waals surface area (Å²) in [7, 11) is 0. The van der Waals surface area contributed by atoms with Gasteiger partial charge in [0.15, 0.2) is 5.65 Å². The summed E-state index contributed by atoms with van der Waals surface area (Å²) in [5.41, 5.74) is 2.89. The maximum Gasteiger partial charge on any atom is 0.257 e. The van der Waals surface area contributed by atoms with Crippen LogP contribution in [0.2, 0.25) is 5.02 Å². The topological polar surface area (TPSA) is 71.8 Å². The molecule has 1 aliphatic heterocycles. The molecule has 1 N–H and O–H groups in total. The van der Waals surface area contributed by atoms with Crippen LogP contribution >= 0.6 is 27.5 Å². The van der Waals surface area contributed by atoms with E-state index in [2.05, 4.69) is 26.3 Å². The number of amides is 1. The van der Waals surface area contributed by atoms with Crippen molar-refractivity contribution in [3.8, 4) is 22.8 Å². The lowest BCUT2D eigenvalue weighted by Gasteiger charge is -2.33. The number of para-hydroxylation sites is 2. The Kier molecular flexibility index (Phi) is 7.22. The molecule has 2 aromatic heterocycles. The van der Waals surface area contributed by atoms with Crippen molar-refractivity contribution in [3.05, 3.63) is 106 Å². The fraction of sp³-hybridized carbons (Fsp3) is 0.167. The van der Waals surface area contributed by atoms with E-state index in [1.54, 1.807) is 10.7 Å². The number of aromatic nitrogens is 3. The van der Waals surface area contributed by atoms with Crippen molar-refractivity contribution >= 4 is 44.9 Å². The maximum absolute atomic E-state index is 13.5. The van der Waals surface area contributed by atoms with Gasteiger partial charge in [0.05, 0.1) is 21.9 Å². The predicted octanol–water partition coefficient (Wildman–Crippen LogP) is 7.32. The number of hydrogen-bond donors (Lipinski definition) is 1. The largest absolute Gasteiger partial charge is 0.457 e. The molecule has 0 spiro atoms. The molecule has 1 amide bonds. The van der Waals surface area contributed by atoms with Gasteiger partial charge < -0.3 is 15.0 Å². The second-order valence-electron chi connectivity index (χ2n) is 9.36. The first kappa shape index (κ1) is 25.4. The van der Waals surface area contributed by atoms with Gasteiger partial charge in [-0.15, -0.1) is 0 Å². The number of nitrogens with zero attached hydrogens (tertiary/aromatic N) is 4. The molecule has 0 saturated carbocycles. The zero-order valence-corrected chi connectivity index (χ0v) is 23.3. The van der Waals surface area contributed by atoms with Crippen LogP contribution in [0.4, 0.5) is 5.82 Å². The minimum absolute atomic E-state index is 0.0247. The summed E-state index contributed by atoms with van der Waals surface area (Å²) in [5.74, 6) is 2.06. The summed E-state index contributed by atoms with van der Waals surface area (Å²) in [6.07, 6.45) is 3.32. The molecule has 3 heterocycles. The third-order valence-electron chi connectivity index (χ3n) is 6.80. The molecule has 39 heavy (non-hydrogen) atoms. The highest BCUT2D eigenvalue weighted by Gasteiger charge is 2.26. The quantitative estimate of drug-likeness (QED) is 0.220. The summed E-state index contributed by atoms with van der Waals surface area (Å²) in [6.45, 7) is 1.26. The zero-order chi connectivity index (χ0) is 26.8. The van der Waals surface area contributed by atoms with Crippen LogP contribution in [0.1, 0.15) is 23.2 Å². The molecule has 1 aliphatic rings. The summed E-state index contributed by atoms with van der Waals surface area (Å²) in [5, 5.41) is 8.78. The Bertz CT molecular complexity index is 1630. The smallest absolute Gasteiger partial charge is 0.257 e. The van der Waals surface area contributed by atoms with Crippen LogP contribution in [0.15, 0.2) is 95.6 Å². The lowest BCUT2D eigenvalue weighted by atomic mass is 10.0. The lowest BCUT2D eigenvalue weighted by Crippen LogP contribution is -2.42. The number of carbonyl (C=O) groups is 1.